The lowest BCUT2D eigenvalue weighted by molar-refractivity contribution is 0.633. The number of imidazole rings is 1. The highest BCUT2D eigenvalue weighted by atomic mass is 35.5. The molecule has 0 bridgehead atoms. The second-order valence-corrected chi connectivity index (χ2v) is 4.38. The van der Waals surface area contributed by atoms with Gasteiger partial charge in [0.05, 0.1) is 6.54 Å². The summed E-state index contributed by atoms with van der Waals surface area (Å²) in [6.45, 7) is 1.79. The van der Waals surface area contributed by atoms with Gasteiger partial charge in [0, 0.05) is 17.4 Å². The van der Waals surface area contributed by atoms with Gasteiger partial charge in [0.15, 0.2) is 0 Å². The molecule has 0 unspecified atom stereocenters. The van der Waals surface area contributed by atoms with Crippen LogP contribution < -0.4 is 5.32 Å². The van der Waals surface area contributed by atoms with Crippen molar-refractivity contribution in [1.82, 2.24) is 15.3 Å². The molecule has 4 heteroatoms. The van der Waals surface area contributed by atoms with Gasteiger partial charge in [-0.05, 0) is 37.1 Å². The van der Waals surface area contributed by atoms with Crippen LogP contribution in [0.1, 0.15) is 17.8 Å². The summed E-state index contributed by atoms with van der Waals surface area (Å²) in [5, 5.41) is 4.15. The number of aryl methyl sites for hydroxylation is 1. The van der Waals surface area contributed by atoms with Gasteiger partial charge in [0.1, 0.15) is 5.82 Å². The molecule has 1 heterocycles. The number of aromatic amines is 1. The smallest absolute Gasteiger partial charge is 0.120 e. The van der Waals surface area contributed by atoms with E-state index >= 15 is 0 Å². The number of nitrogens with zero attached hydrogens (tertiary/aromatic N) is 1. The number of halogens is 1. The molecule has 0 radical (unpaired) electrons. The Balaban J connectivity index is 1.61. The van der Waals surface area contributed by atoms with Crippen LogP contribution in [0.25, 0.3) is 0 Å². The van der Waals surface area contributed by atoms with Crippen molar-refractivity contribution in [3.63, 3.8) is 0 Å². The van der Waals surface area contributed by atoms with Crippen molar-refractivity contribution in [2.75, 3.05) is 6.54 Å². The molecule has 0 aliphatic carbocycles. The predicted octanol–water partition coefficient (Wildman–Crippen LogP) is 2.79. The van der Waals surface area contributed by atoms with Crippen LogP contribution in [0.3, 0.4) is 0 Å². The predicted molar refractivity (Wildman–Crippen MR) is 70.1 cm³/mol. The van der Waals surface area contributed by atoms with E-state index in [0.717, 1.165) is 36.8 Å². The van der Waals surface area contributed by atoms with Gasteiger partial charge in [-0.15, -0.1) is 0 Å². The van der Waals surface area contributed by atoms with Crippen molar-refractivity contribution in [2.45, 2.75) is 19.4 Å². The molecule has 0 saturated heterocycles. The molecule has 0 spiro atoms. The van der Waals surface area contributed by atoms with E-state index in [1.165, 1.54) is 5.56 Å². The summed E-state index contributed by atoms with van der Waals surface area (Å²) >= 11 is 5.83. The van der Waals surface area contributed by atoms with Gasteiger partial charge in [0.25, 0.3) is 0 Å². The summed E-state index contributed by atoms with van der Waals surface area (Å²) in [5.74, 6) is 0.983. The van der Waals surface area contributed by atoms with Crippen LogP contribution in [0.15, 0.2) is 36.7 Å². The quantitative estimate of drug-likeness (QED) is 0.773. The Kier molecular flexibility index (Phi) is 4.59. The van der Waals surface area contributed by atoms with Crippen LogP contribution >= 0.6 is 11.6 Å². The third kappa shape index (κ3) is 4.21. The van der Waals surface area contributed by atoms with E-state index in [9.17, 15) is 0 Å². The molecule has 2 N–H and O–H groups in total. The standard InChI is InChI=1S/C13H16ClN3/c14-12-5-3-11(4-6-12)2-1-7-15-10-13-16-8-9-17-13/h3-6,8-9,15H,1-2,7,10H2,(H,16,17). The summed E-state index contributed by atoms with van der Waals surface area (Å²) in [5.41, 5.74) is 1.33. The van der Waals surface area contributed by atoms with E-state index < -0.39 is 0 Å². The summed E-state index contributed by atoms with van der Waals surface area (Å²) in [4.78, 5) is 7.21. The van der Waals surface area contributed by atoms with E-state index in [0.29, 0.717) is 0 Å². The van der Waals surface area contributed by atoms with Crippen LogP contribution in [-0.4, -0.2) is 16.5 Å². The first kappa shape index (κ1) is 12.1. The maximum absolute atomic E-state index is 5.83. The number of aromatic nitrogens is 2. The first-order chi connectivity index (χ1) is 8.34. The fourth-order valence-corrected chi connectivity index (χ4v) is 1.80. The minimum atomic E-state index is 0.796. The fourth-order valence-electron chi connectivity index (χ4n) is 1.67. The summed E-state index contributed by atoms with van der Waals surface area (Å²) < 4.78 is 0. The van der Waals surface area contributed by atoms with Crippen molar-refractivity contribution < 1.29 is 0 Å². The normalized spacial score (nSPS) is 10.6. The zero-order valence-corrected chi connectivity index (χ0v) is 10.4. The lowest BCUT2D eigenvalue weighted by atomic mass is 10.1. The zero-order chi connectivity index (χ0) is 11.9. The molecular weight excluding hydrogens is 234 g/mol. The van der Waals surface area contributed by atoms with E-state index in [-0.39, 0.29) is 0 Å². The topological polar surface area (TPSA) is 40.7 Å². The maximum Gasteiger partial charge on any atom is 0.120 e. The second kappa shape index (κ2) is 6.42. The van der Waals surface area contributed by atoms with Gasteiger partial charge >= 0.3 is 0 Å². The lowest BCUT2D eigenvalue weighted by Crippen LogP contribution is -2.16. The van der Waals surface area contributed by atoms with Crippen LogP contribution in [0.4, 0.5) is 0 Å². The number of hydrogen-bond acceptors (Lipinski definition) is 2. The van der Waals surface area contributed by atoms with Gasteiger partial charge in [-0.3, -0.25) is 0 Å². The lowest BCUT2D eigenvalue weighted by Gasteiger charge is -2.03. The molecule has 0 aliphatic heterocycles. The Bertz CT molecular complexity index is 422. The molecule has 90 valence electrons. The van der Waals surface area contributed by atoms with Crippen molar-refractivity contribution in [1.29, 1.82) is 0 Å². The molecule has 0 amide bonds. The minimum Gasteiger partial charge on any atom is -0.348 e. The molecular formula is C13H16ClN3. The third-order valence-electron chi connectivity index (χ3n) is 2.58. The molecule has 2 rings (SSSR count). The van der Waals surface area contributed by atoms with E-state index in [4.69, 9.17) is 11.6 Å². The molecule has 1 aromatic heterocycles. The highest BCUT2D eigenvalue weighted by molar-refractivity contribution is 6.30. The van der Waals surface area contributed by atoms with Crippen LogP contribution in [0.5, 0.6) is 0 Å². The number of nitrogens with one attached hydrogen (secondary N) is 2. The Morgan fingerprint density at radius 1 is 1.24 bits per heavy atom. The van der Waals surface area contributed by atoms with Crippen LogP contribution in [0.2, 0.25) is 5.02 Å². The van der Waals surface area contributed by atoms with Gasteiger partial charge in [-0.1, -0.05) is 23.7 Å². The Labute approximate surface area is 106 Å². The van der Waals surface area contributed by atoms with Gasteiger partial charge in [-0.2, -0.15) is 0 Å². The van der Waals surface area contributed by atoms with E-state index in [1.807, 2.05) is 18.3 Å². The van der Waals surface area contributed by atoms with E-state index in [1.54, 1.807) is 6.20 Å². The zero-order valence-electron chi connectivity index (χ0n) is 9.62. The highest BCUT2D eigenvalue weighted by Gasteiger charge is 1.95. The first-order valence-electron chi connectivity index (χ1n) is 5.78. The van der Waals surface area contributed by atoms with Crippen molar-refractivity contribution in [3.8, 4) is 0 Å². The number of rotatable bonds is 6. The van der Waals surface area contributed by atoms with Gasteiger partial charge in [-0.25, -0.2) is 4.98 Å². The summed E-state index contributed by atoms with van der Waals surface area (Å²) in [6, 6.07) is 8.03. The molecule has 0 saturated carbocycles. The fraction of sp³-hybridized carbons (Fsp3) is 0.308. The first-order valence-corrected chi connectivity index (χ1v) is 6.16. The van der Waals surface area contributed by atoms with Gasteiger partial charge in [0.2, 0.25) is 0 Å². The molecule has 0 aliphatic rings. The average molecular weight is 250 g/mol. The largest absolute Gasteiger partial charge is 0.348 e. The summed E-state index contributed by atoms with van der Waals surface area (Å²) in [6.07, 6.45) is 5.79. The number of benzene rings is 1. The SMILES string of the molecule is Clc1ccc(CCCNCc2ncc[nH]2)cc1. The molecule has 0 atom stereocenters. The Morgan fingerprint density at radius 2 is 2.06 bits per heavy atom. The second-order valence-electron chi connectivity index (χ2n) is 3.94. The monoisotopic (exact) mass is 249 g/mol. The third-order valence-corrected chi connectivity index (χ3v) is 2.83. The Morgan fingerprint density at radius 3 is 2.76 bits per heavy atom. The van der Waals surface area contributed by atoms with Crippen LogP contribution in [0, 0.1) is 0 Å². The van der Waals surface area contributed by atoms with Crippen molar-refractivity contribution in [3.05, 3.63) is 53.1 Å². The van der Waals surface area contributed by atoms with Crippen molar-refractivity contribution in [2.24, 2.45) is 0 Å². The molecule has 0 fully saturated rings. The molecule has 1 aromatic carbocycles. The molecule has 2 aromatic rings. The molecule has 3 nitrogen and oxygen atoms in total. The average Bonchev–Trinajstić information content (AvgIpc) is 2.84. The molecule has 17 heavy (non-hydrogen) atoms. The maximum atomic E-state index is 5.83. The summed E-state index contributed by atoms with van der Waals surface area (Å²) in [7, 11) is 0. The van der Waals surface area contributed by atoms with Gasteiger partial charge < -0.3 is 10.3 Å². The highest BCUT2D eigenvalue weighted by Crippen LogP contribution is 2.10. The number of hydrogen-bond donors (Lipinski definition) is 2. The van der Waals surface area contributed by atoms with Crippen molar-refractivity contribution >= 4 is 11.6 Å². The Hall–Kier alpha value is -1.32. The minimum absolute atomic E-state index is 0.796. The van der Waals surface area contributed by atoms with Crippen LogP contribution in [-0.2, 0) is 13.0 Å². The van der Waals surface area contributed by atoms with E-state index in [2.05, 4.69) is 27.4 Å². The number of H-pyrrole nitrogens is 1.